The zero-order valence-corrected chi connectivity index (χ0v) is 15.9. The van der Waals surface area contributed by atoms with Crippen molar-refractivity contribution in [1.29, 1.82) is 0 Å². The van der Waals surface area contributed by atoms with E-state index in [-0.39, 0.29) is 11.8 Å². The molecule has 26 heavy (non-hydrogen) atoms. The van der Waals surface area contributed by atoms with Crippen molar-refractivity contribution < 1.29 is 9.59 Å². The standard InChI is InChI=1S/C19H23ClN4O2/c1-4-5-11-24-18(20)16(13(2)23-24)9-10-17(25)22-15-8-6-7-14(12-15)19(26)21-3/h6-10,12H,4-5,11H2,1-3H3,(H,21,26)(H,22,25)/b10-9+. The van der Waals surface area contributed by atoms with Crippen molar-refractivity contribution in [2.24, 2.45) is 0 Å². The summed E-state index contributed by atoms with van der Waals surface area (Å²) in [6.07, 6.45) is 5.11. The molecule has 0 radical (unpaired) electrons. The Morgan fingerprint density at radius 2 is 2.12 bits per heavy atom. The van der Waals surface area contributed by atoms with Crippen LogP contribution in [0.25, 0.3) is 6.08 Å². The number of hydrogen-bond acceptors (Lipinski definition) is 3. The summed E-state index contributed by atoms with van der Waals surface area (Å²) in [5.74, 6) is -0.519. The highest BCUT2D eigenvalue weighted by Crippen LogP contribution is 2.22. The van der Waals surface area contributed by atoms with E-state index in [0.717, 1.165) is 30.6 Å². The number of carbonyl (C=O) groups excluding carboxylic acids is 2. The lowest BCUT2D eigenvalue weighted by Crippen LogP contribution is -2.18. The number of hydrogen-bond donors (Lipinski definition) is 2. The van der Waals surface area contributed by atoms with E-state index in [2.05, 4.69) is 22.7 Å². The van der Waals surface area contributed by atoms with Gasteiger partial charge in [-0.3, -0.25) is 14.3 Å². The van der Waals surface area contributed by atoms with Crippen molar-refractivity contribution in [3.05, 3.63) is 52.3 Å². The molecule has 0 aliphatic rings. The van der Waals surface area contributed by atoms with Crippen molar-refractivity contribution in [1.82, 2.24) is 15.1 Å². The van der Waals surface area contributed by atoms with Gasteiger partial charge in [-0.15, -0.1) is 0 Å². The van der Waals surface area contributed by atoms with E-state index in [1.54, 1.807) is 42.1 Å². The molecule has 2 N–H and O–H groups in total. The Labute approximate surface area is 158 Å². The first-order valence-corrected chi connectivity index (χ1v) is 8.88. The first kappa shape index (κ1) is 19.7. The van der Waals surface area contributed by atoms with E-state index in [0.29, 0.717) is 16.4 Å². The Bertz CT molecular complexity index is 827. The van der Waals surface area contributed by atoms with Gasteiger partial charge in [0.2, 0.25) is 5.91 Å². The average Bonchev–Trinajstić information content (AvgIpc) is 2.91. The lowest BCUT2D eigenvalue weighted by Gasteiger charge is -2.05. The molecule has 0 fully saturated rings. The van der Waals surface area contributed by atoms with Gasteiger partial charge >= 0.3 is 0 Å². The molecule has 0 aliphatic carbocycles. The van der Waals surface area contributed by atoms with Gasteiger partial charge in [0.1, 0.15) is 5.15 Å². The van der Waals surface area contributed by atoms with Gasteiger partial charge in [-0.2, -0.15) is 5.10 Å². The molecule has 2 amide bonds. The van der Waals surface area contributed by atoms with Crippen molar-refractivity contribution in [2.45, 2.75) is 33.2 Å². The van der Waals surface area contributed by atoms with Gasteiger partial charge in [-0.1, -0.05) is 31.0 Å². The van der Waals surface area contributed by atoms with E-state index in [4.69, 9.17) is 11.6 Å². The Morgan fingerprint density at radius 1 is 1.35 bits per heavy atom. The summed E-state index contributed by atoms with van der Waals surface area (Å²) in [5, 5.41) is 10.2. The second-order valence-electron chi connectivity index (χ2n) is 5.85. The fourth-order valence-corrected chi connectivity index (χ4v) is 2.76. The van der Waals surface area contributed by atoms with Crippen molar-refractivity contribution in [3.63, 3.8) is 0 Å². The third-order valence-corrected chi connectivity index (χ3v) is 4.25. The van der Waals surface area contributed by atoms with Crippen molar-refractivity contribution in [3.8, 4) is 0 Å². The highest BCUT2D eigenvalue weighted by molar-refractivity contribution is 6.31. The molecule has 0 bridgehead atoms. The normalized spacial score (nSPS) is 10.9. The minimum absolute atomic E-state index is 0.210. The predicted molar refractivity (Wildman–Crippen MR) is 104 cm³/mol. The van der Waals surface area contributed by atoms with E-state index in [1.165, 1.54) is 6.08 Å². The Morgan fingerprint density at radius 3 is 2.81 bits per heavy atom. The number of benzene rings is 1. The summed E-state index contributed by atoms with van der Waals surface area (Å²) in [4.78, 5) is 23.8. The first-order chi connectivity index (χ1) is 12.5. The molecule has 2 aromatic rings. The van der Waals surface area contributed by atoms with Crippen LogP contribution >= 0.6 is 11.6 Å². The van der Waals surface area contributed by atoms with Crippen molar-refractivity contribution >= 4 is 35.2 Å². The zero-order valence-electron chi connectivity index (χ0n) is 15.2. The summed E-state index contributed by atoms with van der Waals surface area (Å²) >= 11 is 6.35. The van der Waals surface area contributed by atoms with Gasteiger partial charge in [0.05, 0.1) is 5.69 Å². The molecule has 0 spiro atoms. The largest absolute Gasteiger partial charge is 0.355 e. The molecule has 1 aromatic heterocycles. The minimum atomic E-state index is -0.309. The van der Waals surface area contributed by atoms with Crippen LogP contribution in [0.4, 0.5) is 5.69 Å². The number of carbonyl (C=O) groups is 2. The Kier molecular flexibility index (Phi) is 6.97. The quantitative estimate of drug-likeness (QED) is 0.726. The van der Waals surface area contributed by atoms with Gasteiger partial charge in [0.25, 0.3) is 5.91 Å². The Hall–Kier alpha value is -2.60. The fraction of sp³-hybridized carbons (Fsp3) is 0.316. The second kappa shape index (κ2) is 9.20. The summed E-state index contributed by atoms with van der Waals surface area (Å²) in [7, 11) is 1.56. The maximum atomic E-state index is 12.2. The van der Waals surface area contributed by atoms with E-state index in [9.17, 15) is 9.59 Å². The number of amides is 2. The Balaban J connectivity index is 2.08. The number of aromatic nitrogens is 2. The molecule has 1 heterocycles. The summed E-state index contributed by atoms with van der Waals surface area (Å²) in [5.41, 5.74) is 2.53. The molecule has 0 saturated carbocycles. The topological polar surface area (TPSA) is 76.0 Å². The van der Waals surface area contributed by atoms with Gasteiger partial charge in [-0.25, -0.2) is 0 Å². The molecule has 0 aliphatic heterocycles. The molecular formula is C19H23ClN4O2. The summed E-state index contributed by atoms with van der Waals surface area (Å²) in [6.45, 7) is 4.72. The minimum Gasteiger partial charge on any atom is -0.355 e. The monoisotopic (exact) mass is 374 g/mol. The zero-order chi connectivity index (χ0) is 19.1. The molecule has 1 aromatic carbocycles. The van der Waals surface area contributed by atoms with Crippen LogP contribution in [0.5, 0.6) is 0 Å². The van der Waals surface area contributed by atoms with Gasteiger partial charge in [0.15, 0.2) is 0 Å². The van der Waals surface area contributed by atoms with Gasteiger partial charge in [0, 0.05) is 36.5 Å². The summed E-state index contributed by atoms with van der Waals surface area (Å²) in [6, 6.07) is 6.73. The molecule has 138 valence electrons. The van der Waals surface area contributed by atoms with Crippen LogP contribution < -0.4 is 10.6 Å². The average molecular weight is 375 g/mol. The summed E-state index contributed by atoms with van der Waals surface area (Å²) < 4.78 is 1.75. The molecule has 7 heteroatoms. The molecular weight excluding hydrogens is 352 g/mol. The number of aryl methyl sites for hydroxylation is 2. The number of rotatable bonds is 7. The third-order valence-electron chi connectivity index (χ3n) is 3.85. The van der Waals surface area contributed by atoms with Crippen LogP contribution in [-0.2, 0) is 11.3 Å². The van der Waals surface area contributed by atoms with Gasteiger partial charge in [-0.05, 0) is 37.6 Å². The fourth-order valence-electron chi connectivity index (χ4n) is 2.44. The van der Waals surface area contributed by atoms with Crippen LogP contribution in [0.3, 0.4) is 0 Å². The highest BCUT2D eigenvalue weighted by Gasteiger charge is 2.11. The van der Waals surface area contributed by atoms with E-state index >= 15 is 0 Å². The van der Waals surface area contributed by atoms with Crippen LogP contribution in [0.1, 0.15) is 41.4 Å². The smallest absolute Gasteiger partial charge is 0.251 e. The third kappa shape index (κ3) is 4.95. The molecule has 6 nitrogen and oxygen atoms in total. The van der Waals surface area contributed by atoms with Crippen LogP contribution in [-0.4, -0.2) is 28.6 Å². The van der Waals surface area contributed by atoms with Crippen molar-refractivity contribution in [2.75, 3.05) is 12.4 Å². The maximum Gasteiger partial charge on any atom is 0.251 e. The van der Waals surface area contributed by atoms with E-state index in [1.807, 2.05) is 6.92 Å². The molecule has 0 atom stereocenters. The van der Waals surface area contributed by atoms with Crippen LogP contribution in [0, 0.1) is 6.92 Å². The number of anilines is 1. The van der Waals surface area contributed by atoms with Gasteiger partial charge < -0.3 is 10.6 Å². The maximum absolute atomic E-state index is 12.2. The SMILES string of the molecule is CCCCn1nc(C)c(/C=C/C(=O)Nc2cccc(C(=O)NC)c2)c1Cl. The number of halogens is 1. The highest BCUT2D eigenvalue weighted by atomic mass is 35.5. The number of unbranched alkanes of at least 4 members (excludes halogenated alkanes) is 1. The molecule has 0 saturated heterocycles. The lowest BCUT2D eigenvalue weighted by atomic mass is 10.2. The molecule has 0 unspecified atom stereocenters. The van der Waals surface area contributed by atoms with Crippen LogP contribution in [0.15, 0.2) is 30.3 Å². The molecule has 2 rings (SSSR count). The first-order valence-electron chi connectivity index (χ1n) is 8.50. The van der Waals surface area contributed by atoms with Crippen LogP contribution in [0.2, 0.25) is 5.15 Å². The predicted octanol–water partition coefficient (Wildman–Crippen LogP) is 3.66. The lowest BCUT2D eigenvalue weighted by molar-refractivity contribution is -0.111. The van der Waals surface area contributed by atoms with E-state index < -0.39 is 0 Å². The number of nitrogens with zero attached hydrogens (tertiary/aromatic N) is 2. The second-order valence-corrected chi connectivity index (χ2v) is 6.21. The number of nitrogens with one attached hydrogen (secondary N) is 2.